The number of hydrogen-bond donors (Lipinski definition) is 1. The van der Waals surface area contributed by atoms with E-state index in [0.29, 0.717) is 17.2 Å². The zero-order valence-electron chi connectivity index (χ0n) is 15.5. The molecule has 0 saturated heterocycles. The first-order chi connectivity index (χ1) is 12.7. The van der Waals surface area contributed by atoms with Crippen molar-refractivity contribution in [3.8, 4) is 17.2 Å². The van der Waals surface area contributed by atoms with Crippen molar-refractivity contribution in [3.63, 3.8) is 0 Å². The van der Waals surface area contributed by atoms with Gasteiger partial charge in [0.05, 0.1) is 26.5 Å². The topological polar surface area (TPSA) is 56.8 Å². The van der Waals surface area contributed by atoms with E-state index in [1.54, 1.807) is 38.5 Å². The second kappa shape index (κ2) is 10.1. The molecular weight excluding hydrogens is 330 g/mol. The van der Waals surface area contributed by atoms with E-state index in [1.807, 2.05) is 24.3 Å². The molecule has 0 heterocycles. The molecule has 26 heavy (non-hydrogen) atoms. The summed E-state index contributed by atoms with van der Waals surface area (Å²) >= 11 is 0. The Morgan fingerprint density at radius 3 is 2.42 bits per heavy atom. The Hall–Kier alpha value is -2.95. The molecule has 1 N–H and O–H groups in total. The summed E-state index contributed by atoms with van der Waals surface area (Å²) in [6.45, 7) is 2.85. The monoisotopic (exact) mass is 355 g/mol. The number of rotatable bonds is 9. The van der Waals surface area contributed by atoms with E-state index < -0.39 is 0 Å². The van der Waals surface area contributed by atoms with Crippen LogP contribution in [0.5, 0.6) is 17.2 Å². The van der Waals surface area contributed by atoms with E-state index in [-0.39, 0.29) is 5.91 Å². The molecule has 0 aliphatic rings. The minimum Gasteiger partial charge on any atom is -0.497 e. The van der Waals surface area contributed by atoms with Gasteiger partial charge in [0.15, 0.2) is 0 Å². The number of nitrogens with one attached hydrogen (secondary N) is 1. The molecule has 0 aliphatic heterocycles. The summed E-state index contributed by atoms with van der Waals surface area (Å²) < 4.78 is 16.0. The van der Waals surface area contributed by atoms with Gasteiger partial charge in [0.1, 0.15) is 17.2 Å². The van der Waals surface area contributed by atoms with E-state index in [0.717, 1.165) is 30.8 Å². The van der Waals surface area contributed by atoms with Crippen molar-refractivity contribution in [2.45, 2.75) is 19.8 Å². The van der Waals surface area contributed by atoms with Gasteiger partial charge < -0.3 is 19.5 Å². The van der Waals surface area contributed by atoms with E-state index in [2.05, 4.69) is 12.2 Å². The zero-order valence-corrected chi connectivity index (χ0v) is 15.5. The number of carbonyl (C=O) groups is 1. The van der Waals surface area contributed by atoms with Crippen molar-refractivity contribution in [3.05, 3.63) is 54.1 Å². The Balaban J connectivity index is 1.95. The molecule has 0 radical (unpaired) electrons. The van der Waals surface area contributed by atoms with Crippen LogP contribution >= 0.6 is 0 Å². The Morgan fingerprint density at radius 1 is 1.04 bits per heavy atom. The molecule has 0 unspecified atom stereocenters. The zero-order chi connectivity index (χ0) is 18.8. The van der Waals surface area contributed by atoms with Crippen molar-refractivity contribution in [2.75, 3.05) is 26.1 Å². The highest BCUT2D eigenvalue weighted by molar-refractivity contribution is 6.02. The van der Waals surface area contributed by atoms with Crippen LogP contribution in [0.4, 0.5) is 5.69 Å². The fraction of sp³-hybridized carbons (Fsp3) is 0.286. The van der Waals surface area contributed by atoms with Crippen LogP contribution in [0, 0.1) is 0 Å². The molecule has 0 bridgehead atoms. The molecule has 0 aliphatic carbocycles. The lowest BCUT2D eigenvalue weighted by atomic mass is 10.2. The smallest absolute Gasteiger partial charge is 0.248 e. The average Bonchev–Trinajstić information content (AvgIpc) is 2.68. The molecular formula is C21H25NO4. The SMILES string of the molecule is CCCCOc1ccc(/C=C/C(=O)Nc2ccc(OC)cc2OC)cc1. The first-order valence-corrected chi connectivity index (χ1v) is 8.60. The fourth-order valence-corrected chi connectivity index (χ4v) is 2.26. The summed E-state index contributed by atoms with van der Waals surface area (Å²) in [4.78, 5) is 12.1. The van der Waals surface area contributed by atoms with Gasteiger partial charge in [-0.2, -0.15) is 0 Å². The Labute approximate surface area is 154 Å². The third-order valence-corrected chi connectivity index (χ3v) is 3.74. The van der Waals surface area contributed by atoms with Crippen LogP contribution in [0.1, 0.15) is 25.3 Å². The van der Waals surface area contributed by atoms with Gasteiger partial charge in [-0.25, -0.2) is 0 Å². The molecule has 1 amide bonds. The van der Waals surface area contributed by atoms with Crippen molar-refractivity contribution in [2.24, 2.45) is 0 Å². The van der Waals surface area contributed by atoms with Crippen molar-refractivity contribution in [1.82, 2.24) is 0 Å². The highest BCUT2D eigenvalue weighted by Crippen LogP contribution is 2.29. The molecule has 0 aromatic heterocycles. The summed E-state index contributed by atoms with van der Waals surface area (Å²) in [5, 5.41) is 2.80. The van der Waals surface area contributed by atoms with Crippen LogP contribution in [0.2, 0.25) is 0 Å². The van der Waals surface area contributed by atoms with Gasteiger partial charge in [-0.15, -0.1) is 0 Å². The Kier molecular flexibility index (Phi) is 7.55. The minimum atomic E-state index is -0.239. The van der Waals surface area contributed by atoms with E-state index >= 15 is 0 Å². The van der Waals surface area contributed by atoms with Gasteiger partial charge >= 0.3 is 0 Å². The van der Waals surface area contributed by atoms with Crippen molar-refractivity contribution < 1.29 is 19.0 Å². The molecule has 2 aromatic carbocycles. The van der Waals surface area contributed by atoms with Crippen molar-refractivity contribution >= 4 is 17.7 Å². The highest BCUT2D eigenvalue weighted by atomic mass is 16.5. The van der Waals surface area contributed by atoms with E-state index in [1.165, 1.54) is 6.08 Å². The van der Waals surface area contributed by atoms with Crippen LogP contribution in [0.3, 0.4) is 0 Å². The normalized spacial score (nSPS) is 10.6. The van der Waals surface area contributed by atoms with Crippen LogP contribution in [-0.2, 0) is 4.79 Å². The van der Waals surface area contributed by atoms with Crippen LogP contribution in [-0.4, -0.2) is 26.7 Å². The van der Waals surface area contributed by atoms with Gasteiger partial charge in [0.25, 0.3) is 0 Å². The number of methoxy groups -OCH3 is 2. The van der Waals surface area contributed by atoms with E-state index in [9.17, 15) is 4.79 Å². The maximum atomic E-state index is 12.1. The summed E-state index contributed by atoms with van der Waals surface area (Å²) in [5.74, 6) is 1.80. The lowest BCUT2D eigenvalue weighted by Crippen LogP contribution is -2.09. The maximum Gasteiger partial charge on any atom is 0.248 e. The van der Waals surface area contributed by atoms with Crippen molar-refractivity contribution in [1.29, 1.82) is 0 Å². The molecule has 138 valence electrons. The summed E-state index contributed by atoms with van der Waals surface area (Å²) in [7, 11) is 3.13. The van der Waals surface area contributed by atoms with Gasteiger partial charge in [-0.1, -0.05) is 25.5 Å². The highest BCUT2D eigenvalue weighted by Gasteiger charge is 2.07. The lowest BCUT2D eigenvalue weighted by Gasteiger charge is -2.10. The summed E-state index contributed by atoms with van der Waals surface area (Å²) in [6.07, 6.45) is 5.38. The predicted octanol–water partition coefficient (Wildman–Crippen LogP) is 4.53. The molecule has 0 spiro atoms. The number of benzene rings is 2. The first-order valence-electron chi connectivity index (χ1n) is 8.60. The van der Waals surface area contributed by atoms with Crippen LogP contribution in [0.25, 0.3) is 6.08 Å². The third-order valence-electron chi connectivity index (χ3n) is 3.74. The maximum absolute atomic E-state index is 12.1. The Bertz CT molecular complexity index is 738. The first kappa shape index (κ1) is 19.4. The molecule has 0 atom stereocenters. The standard InChI is InChI=1S/C21H25NO4/c1-4-5-14-26-17-9-6-16(7-10-17)8-13-21(23)22-19-12-11-18(24-2)15-20(19)25-3/h6-13,15H,4-5,14H2,1-3H3,(H,22,23)/b13-8+. The predicted molar refractivity (Wildman–Crippen MR) is 104 cm³/mol. The second-order valence-electron chi connectivity index (χ2n) is 5.66. The number of unbranched alkanes of at least 4 members (excludes halogenated alkanes) is 1. The molecule has 5 nitrogen and oxygen atoms in total. The summed E-state index contributed by atoms with van der Waals surface area (Å²) in [5.41, 5.74) is 1.51. The largest absolute Gasteiger partial charge is 0.497 e. The van der Waals surface area contributed by atoms with E-state index in [4.69, 9.17) is 14.2 Å². The second-order valence-corrected chi connectivity index (χ2v) is 5.66. The lowest BCUT2D eigenvalue weighted by molar-refractivity contribution is -0.111. The third kappa shape index (κ3) is 5.84. The molecule has 2 rings (SSSR count). The quantitative estimate of drug-likeness (QED) is 0.530. The molecule has 0 fully saturated rings. The number of carbonyl (C=O) groups excluding carboxylic acids is 1. The van der Waals surface area contributed by atoms with Gasteiger partial charge in [0.2, 0.25) is 5.91 Å². The Morgan fingerprint density at radius 2 is 1.77 bits per heavy atom. The molecule has 2 aromatic rings. The van der Waals surface area contributed by atoms with Gasteiger partial charge in [0, 0.05) is 12.1 Å². The fourth-order valence-electron chi connectivity index (χ4n) is 2.26. The van der Waals surface area contributed by atoms with Gasteiger partial charge in [-0.3, -0.25) is 4.79 Å². The number of amides is 1. The molecule has 5 heteroatoms. The number of hydrogen-bond acceptors (Lipinski definition) is 4. The number of ether oxygens (including phenoxy) is 3. The summed E-state index contributed by atoms with van der Waals surface area (Å²) in [6, 6.07) is 12.9. The molecule has 0 saturated carbocycles. The average molecular weight is 355 g/mol. The minimum absolute atomic E-state index is 0.239. The van der Waals surface area contributed by atoms with Crippen LogP contribution in [0.15, 0.2) is 48.5 Å². The van der Waals surface area contributed by atoms with Gasteiger partial charge in [-0.05, 0) is 42.3 Å². The van der Waals surface area contributed by atoms with Crippen LogP contribution < -0.4 is 19.5 Å². The number of anilines is 1.